The third kappa shape index (κ3) is 4.99. The van der Waals surface area contributed by atoms with E-state index in [-0.39, 0.29) is 18.0 Å². The average Bonchev–Trinajstić information content (AvgIpc) is 2.44. The van der Waals surface area contributed by atoms with Crippen LogP contribution in [0, 0.1) is 0 Å². The summed E-state index contributed by atoms with van der Waals surface area (Å²) in [6.45, 7) is 3.76. The maximum absolute atomic E-state index is 12.2. The van der Waals surface area contributed by atoms with Gasteiger partial charge < -0.3 is 37.0 Å². The molecule has 23 heavy (non-hydrogen) atoms. The highest BCUT2D eigenvalue weighted by molar-refractivity contribution is 7.80. The lowest BCUT2D eigenvalue weighted by Crippen LogP contribution is -2.64. The first-order chi connectivity index (χ1) is 10.6. The van der Waals surface area contributed by atoms with E-state index >= 15 is 0 Å². The van der Waals surface area contributed by atoms with Gasteiger partial charge in [-0.3, -0.25) is 9.59 Å². The van der Waals surface area contributed by atoms with Gasteiger partial charge in [0.25, 0.3) is 5.91 Å². The first kappa shape index (κ1) is 19.6. The number of aliphatic hydroxyl groups excluding tert-OH is 2. The summed E-state index contributed by atoms with van der Waals surface area (Å²) in [6.07, 6.45) is -3.08. The second kappa shape index (κ2) is 7.86. The summed E-state index contributed by atoms with van der Waals surface area (Å²) >= 11 is 5.01. The molecule has 0 aromatic rings. The number of amides is 2. The van der Waals surface area contributed by atoms with Gasteiger partial charge in [-0.05, 0) is 26.1 Å². The molecule has 1 rings (SSSR count). The predicted molar refractivity (Wildman–Crippen MR) is 86.2 cm³/mol. The second-order valence-electron chi connectivity index (χ2n) is 5.71. The van der Waals surface area contributed by atoms with Crippen molar-refractivity contribution in [1.82, 2.24) is 16.0 Å². The molecular weight excluding hydrogens is 324 g/mol. The number of carbonyl (C=O) groups is 2. The van der Waals surface area contributed by atoms with E-state index in [2.05, 4.69) is 16.0 Å². The molecule has 1 aliphatic rings. The Morgan fingerprint density at radius 2 is 2.00 bits per heavy atom. The van der Waals surface area contributed by atoms with E-state index in [0.717, 1.165) is 0 Å². The van der Waals surface area contributed by atoms with Crippen LogP contribution in [-0.4, -0.2) is 68.7 Å². The Bertz CT molecular complexity index is 477. The first-order valence-electron chi connectivity index (χ1n) is 7.34. The van der Waals surface area contributed by atoms with Crippen LogP contribution in [-0.2, 0) is 9.59 Å². The molecule has 0 bridgehead atoms. The highest BCUT2D eigenvalue weighted by atomic mass is 32.1. The molecule has 0 aromatic carbocycles. The monoisotopic (exact) mass is 348 g/mol. The highest BCUT2D eigenvalue weighted by Crippen LogP contribution is 2.29. The number of thiocarbonyl (C=S) groups is 1. The summed E-state index contributed by atoms with van der Waals surface area (Å²) in [4.78, 5) is 23.2. The summed E-state index contributed by atoms with van der Waals surface area (Å²) in [5.41, 5.74) is 3.11. The van der Waals surface area contributed by atoms with E-state index in [1.165, 1.54) is 6.92 Å². The van der Waals surface area contributed by atoms with Crippen LogP contribution in [0.2, 0.25) is 0 Å². The van der Waals surface area contributed by atoms with Gasteiger partial charge in [0.15, 0.2) is 5.11 Å². The fraction of sp³-hybridized carbons (Fsp3) is 0.769. The Morgan fingerprint density at radius 3 is 2.52 bits per heavy atom. The maximum atomic E-state index is 12.2. The fourth-order valence-electron chi connectivity index (χ4n) is 2.41. The quantitative estimate of drug-likeness (QED) is 0.260. The van der Waals surface area contributed by atoms with Gasteiger partial charge in [0.1, 0.15) is 17.7 Å². The van der Waals surface area contributed by atoms with Crippen LogP contribution in [0.3, 0.4) is 0 Å². The van der Waals surface area contributed by atoms with Crippen molar-refractivity contribution in [3.63, 3.8) is 0 Å². The van der Waals surface area contributed by atoms with Gasteiger partial charge in [0, 0.05) is 19.4 Å². The van der Waals surface area contributed by atoms with Gasteiger partial charge in [-0.1, -0.05) is 0 Å². The fourth-order valence-corrected chi connectivity index (χ4v) is 2.70. The van der Waals surface area contributed by atoms with Crippen LogP contribution in [0.25, 0.3) is 0 Å². The van der Waals surface area contributed by atoms with E-state index in [1.54, 1.807) is 0 Å². The van der Waals surface area contributed by atoms with Gasteiger partial charge in [0.2, 0.25) is 5.91 Å². The van der Waals surface area contributed by atoms with Crippen molar-refractivity contribution in [2.24, 2.45) is 5.73 Å². The first-order valence-corrected chi connectivity index (χ1v) is 7.74. The number of aliphatic hydroxyl groups is 3. The summed E-state index contributed by atoms with van der Waals surface area (Å²) < 4.78 is 0. The van der Waals surface area contributed by atoms with Gasteiger partial charge in [-0.15, -0.1) is 0 Å². The molecule has 0 radical (unpaired) electrons. The number of primary amides is 1. The number of hydrogen-bond acceptors (Lipinski definition) is 6. The van der Waals surface area contributed by atoms with Gasteiger partial charge in [0.05, 0.1) is 12.1 Å². The molecule has 10 heteroatoms. The molecule has 2 amide bonds. The lowest BCUT2D eigenvalue weighted by molar-refractivity contribution is -0.158. The molecule has 1 fully saturated rings. The lowest BCUT2D eigenvalue weighted by Gasteiger charge is -2.42. The van der Waals surface area contributed by atoms with Crippen LogP contribution in [0.15, 0.2) is 0 Å². The van der Waals surface area contributed by atoms with Crippen LogP contribution in [0.5, 0.6) is 0 Å². The SMILES string of the molecule is CCNC(=S)N[C@H]1C[C@@](O)(C(=O)N[C@H](C)C(N)=O)C[C@@H](O)[C@@H]1O. The number of rotatable bonds is 5. The smallest absolute Gasteiger partial charge is 0.252 e. The number of hydrogen-bond donors (Lipinski definition) is 7. The summed E-state index contributed by atoms with van der Waals surface area (Å²) in [5, 5.41) is 38.6. The van der Waals surface area contributed by atoms with Crippen molar-refractivity contribution in [2.45, 2.75) is 56.6 Å². The van der Waals surface area contributed by atoms with E-state index in [0.29, 0.717) is 6.54 Å². The molecule has 0 aromatic heterocycles. The molecule has 0 spiro atoms. The third-order valence-electron chi connectivity index (χ3n) is 3.76. The molecule has 0 aliphatic heterocycles. The molecule has 1 aliphatic carbocycles. The zero-order chi connectivity index (χ0) is 17.8. The van der Waals surface area contributed by atoms with Gasteiger partial charge in [-0.25, -0.2) is 0 Å². The highest BCUT2D eigenvalue weighted by Gasteiger charge is 2.49. The molecule has 0 unspecified atom stereocenters. The maximum Gasteiger partial charge on any atom is 0.252 e. The predicted octanol–water partition coefficient (Wildman–Crippen LogP) is -2.92. The molecular formula is C13H24N4O5S. The van der Waals surface area contributed by atoms with E-state index in [9.17, 15) is 24.9 Å². The number of nitrogens with one attached hydrogen (secondary N) is 3. The molecule has 9 nitrogen and oxygen atoms in total. The van der Waals surface area contributed by atoms with Crippen LogP contribution < -0.4 is 21.7 Å². The largest absolute Gasteiger partial charge is 0.390 e. The van der Waals surface area contributed by atoms with Crippen LogP contribution >= 0.6 is 12.2 Å². The molecule has 132 valence electrons. The Hall–Kier alpha value is -1.49. The van der Waals surface area contributed by atoms with E-state index in [4.69, 9.17) is 18.0 Å². The zero-order valence-corrected chi connectivity index (χ0v) is 13.9. The zero-order valence-electron chi connectivity index (χ0n) is 13.1. The standard InChI is InChI=1S/C13H24N4O5S/c1-3-15-12(23)17-7-4-13(22,5-8(18)9(7)19)11(21)16-6(2)10(14)20/h6-9,18-19,22H,3-5H2,1-2H3,(H2,14,20)(H,16,21)(H2,15,17,23)/t6-,7+,8-,9-,13+/m1/s1. The van der Waals surface area contributed by atoms with Gasteiger partial charge >= 0.3 is 0 Å². The van der Waals surface area contributed by atoms with Crippen LogP contribution in [0.4, 0.5) is 0 Å². The number of nitrogens with two attached hydrogens (primary N) is 1. The number of carbonyl (C=O) groups excluding carboxylic acids is 2. The normalized spacial score (nSPS) is 31.8. The Kier molecular flexibility index (Phi) is 6.69. The topological polar surface area (TPSA) is 157 Å². The average molecular weight is 348 g/mol. The summed E-state index contributed by atoms with van der Waals surface area (Å²) in [7, 11) is 0. The minimum Gasteiger partial charge on any atom is -0.390 e. The summed E-state index contributed by atoms with van der Waals surface area (Å²) in [5.74, 6) is -1.59. The van der Waals surface area contributed by atoms with Crippen molar-refractivity contribution in [1.29, 1.82) is 0 Å². The van der Waals surface area contributed by atoms with Gasteiger partial charge in [-0.2, -0.15) is 0 Å². The Morgan fingerprint density at radius 1 is 1.39 bits per heavy atom. The Balaban J connectivity index is 2.83. The third-order valence-corrected chi connectivity index (χ3v) is 4.02. The minimum absolute atomic E-state index is 0.186. The van der Waals surface area contributed by atoms with E-state index < -0.39 is 41.7 Å². The van der Waals surface area contributed by atoms with Crippen molar-refractivity contribution < 1.29 is 24.9 Å². The molecule has 1 saturated carbocycles. The van der Waals surface area contributed by atoms with Crippen molar-refractivity contribution in [3.8, 4) is 0 Å². The van der Waals surface area contributed by atoms with Crippen LogP contribution in [0.1, 0.15) is 26.7 Å². The molecule has 8 N–H and O–H groups in total. The summed E-state index contributed by atoms with van der Waals surface area (Å²) in [6, 6.07) is -1.80. The van der Waals surface area contributed by atoms with Crippen molar-refractivity contribution >= 4 is 29.1 Å². The van der Waals surface area contributed by atoms with E-state index in [1.807, 2.05) is 6.92 Å². The molecule has 5 atom stereocenters. The molecule has 0 heterocycles. The van der Waals surface area contributed by atoms with Crippen molar-refractivity contribution in [3.05, 3.63) is 0 Å². The Labute approximate surface area is 139 Å². The second-order valence-corrected chi connectivity index (χ2v) is 6.11. The van der Waals surface area contributed by atoms with Crippen molar-refractivity contribution in [2.75, 3.05) is 6.54 Å². The molecule has 0 saturated heterocycles. The lowest BCUT2D eigenvalue weighted by atomic mass is 9.77. The minimum atomic E-state index is -1.96.